The lowest BCUT2D eigenvalue weighted by Crippen LogP contribution is -2.58. The molecule has 1 saturated carbocycles. The summed E-state index contributed by atoms with van der Waals surface area (Å²) >= 11 is 0. The maximum Gasteiger partial charge on any atom is 0.409 e. The highest BCUT2D eigenvalue weighted by Gasteiger charge is 2.46. The monoisotopic (exact) mass is 528 g/mol. The van der Waals surface area contributed by atoms with E-state index in [1.807, 2.05) is 0 Å². The Morgan fingerprint density at radius 2 is 1.73 bits per heavy atom. The smallest absolute Gasteiger partial charge is 0.409 e. The van der Waals surface area contributed by atoms with Gasteiger partial charge in [-0.05, 0) is 121 Å². The highest BCUT2D eigenvalue weighted by Crippen LogP contribution is 2.48. The summed E-state index contributed by atoms with van der Waals surface area (Å²) in [5.74, 6) is 0.480. The summed E-state index contributed by atoms with van der Waals surface area (Å²) in [7, 11) is 1.52. The lowest BCUT2D eigenvalue weighted by atomic mass is 9.58. The first kappa shape index (κ1) is 25.3. The molecule has 1 N–H and O–H groups in total. The zero-order chi connectivity index (χ0) is 27.8. The lowest BCUT2D eigenvalue weighted by Gasteiger charge is -2.40. The van der Waals surface area contributed by atoms with Crippen LogP contribution < -0.4 is 15.5 Å². The van der Waals surface area contributed by atoms with Crippen LogP contribution in [0, 0.1) is 26.2 Å². The third-order valence-electron chi connectivity index (χ3n) is 9.65. The minimum Gasteiger partial charge on any atom is -0.469 e. The molecule has 2 aliphatic carbocycles. The third-order valence-corrected chi connectivity index (χ3v) is 9.65. The predicted molar refractivity (Wildman–Crippen MR) is 166 cm³/mol. The van der Waals surface area contributed by atoms with E-state index in [1.165, 1.54) is 86.5 Å². The van der Waals surface area contributed by atoms with Crippen molar-refractivity contribution in [2.75, 3.05) is 17.1 Å². The molecule has 1 unspecified atom stereocenters. The number of hydrogen-bond donors (Lipinski definition) is 1. The quantitative estimate of drug-likeness (QED) is 0.230. The van der Waals surface area contributed by atoms with Crippen molar-refractivity contribution in [1.82, 2.24) is 0 Å². The van der Waals surface area contributed by atoms with Crippen LogP contribution in [-0.2, 0) is 28.9 Å². The number of aryl methyl sites for hydroxylation is 1. The first-order valence-corrected chi connectivity index (χ1v) is 14.6. The minimum atomic E-state index is -0.509. The fraction of sp³-hybridized carbons (Fsp3) is 0.343. The van der Waals surface area contributed by atoms with Gasteiger partial charge in [0.1, 0.15) is 0 Å². The Hall–Kier alpha value is -3.73. The Bertz CT molecular complexity index is 1680. The van der Waals surface area contributed by atoms with Crippen molar-refractivity contribution in [3.8, 4) is 0 Å². The van der Waals surface area contributed by atoms with Crippen LogP contribution in [0.1, 0.15) is 64.6 Å². The van der Waals surface area contributed by atoms with E-state index in [-0.39, 0.29) is 13.0 Å². The van der Waals surface area contributed by atoms with Gasteiger partial charge in [0.25, 0.3) is 0 Å². The normalized spacial score (nSPS) is 19.5. The maximum atomic E-state index is 12.9. The van der Waals surface area contributed by atoms with Gasteiger partial charge in [0, 0.05) is 23.3 Å². The molecule has 0 spiro atoms. The van der Waals surface area contributed by atoms with Gasteiger partial charge in [-0.2, -0.15) is 0 Å². The number of nitrogens with zero attached hydrogens (tertiary/aromatic N) is 1. The van der Waals surface area contributed by atoms with E-state index < -0.39 is 5.41 Å². The second-order valence-corrected chi connectivity index (χ2v) is 12.6. The molecule has 0 saturated heterocycles. The topological polar surface area (TPSA) is 41.6 Å². The molecule has 0 radical (unpaired) electrons. The van der Waals surface area contributed by atoms with Gasteiger partial charge in [-0.25, -0.2) is 0 Å². The Kier molecular flexibility index (Phi) is 5.78. The van der Waals surface area contributed by atoms with Crippen LogP contribution in [0.4, 0.5) is 11.4 Å². The molecule has 40 heavy (non-hydrogen) atoms. The molecule has 7 rings (SSSR count). The molecule has 202 valence electrons. The Morgan fingerprint density at radius 3 is 2.42 bits per heavy atom. The van der Waals surface area contributed by atoms with Crippen molar-refractivity contribution in [2.45, 2.75) is 65.8 Å². The SMILES string of the molecule is COC(=O)C1(C)Cc2c(C)c(B3Nc4cccc5cc(C)cc(c45)N3Cc3ccccc3)c(C3CC3)c(C)c2C1. The number of anilines is 2. The molecule has 5 heteroatoms. The summed E-state index contributed by atoms with van der Waals surface area (Å²) in [5, 5.41) is 6.60. The average molecular weight is 529 g/mol. The molecule has 0 amide bonds. The molecule has 0 bridgehead atoms. The molecule has 4 aromatic rings. The van der Waals surface area contributed by atoms with E-state index >= 15 is 0 Å². The van der Waals surface area contributed by atoms with E-state index in [0.717, 1.165) is 19.4 Å². The number of rotatable bonds is 5. The number of fused-ring (bicyclic) bond motifs is 1. The Morgan fingerprint density at radius 1 is 1.00 bits per heavy atom. The van der Waals surface area contributed by atoms with Crippen LogP contribution >= 0.6 is 0 Å². The second kappa shape index (κ2) is 9.16. The van der Waals surface area contributed by atoms with Gasteiger partial charge >= 0.3 is 13.0 Å². The van der Waals surface area contributed by atoms with E-state index in [1.54, 1.807) is 0 Å². The van der Waals surface area contributed by atoms with E-state index in [2.05, 4.69) is 98.4 Å². The number of carbonyl (C=O) groups is 1. The van der Waals surface area contributed by atoms with Crippen LogP contribution in [0.3, 0.4) is 0 Å². The third kappa shape index (κ3) is 3.85. The number of benzene rings is 4. The second-order valence-electron chi connectivity index (χ2n) is 12.6. The molecule has 3 aliphatic rings. The van der Waals surface area contributed by atoms with Crippen molar-refractivity contribution >= 4 is 40.6 Å². The van der Waals surface area contributed by atoms with Gasteiger partial charge < -0.3 is 14.8 Å². The maximum absolute atomic E-state index is 12.9. The molecule has 4 nitrogen and oxygen atoms in total. The van der Waals surface area contributed by atoms with Gasteiger partial charge in [0.15, 0.2) is 0 Å². The molecule has 1 aliphatic heterocycles. The molecule has 1 heterocycles. The first-order valence-electron chi connectivity index (χ1n) is 14.6. The summed E-state index contributed by atoms with van der Waals surface area (Å²) in [4.78, 5) is 15.5. The highest BCUT2D eigenvalue weighted by atomic mass is 16.5. The summed E-state index contributed by atoms with van der Waals surface area (Å²) in [6.07, 6.45) is 3.96. The molecular weight excluding hydrogens is 491 g/mol. The summed E-state index contributed by atoms with van der Waals surface area (Å²) in [6, 6.07) is 22.1. The van der Waals surface area contributed by atoms with Gasteiger partial charge in [-0.15, -0.1) is 0 Å². The fourth-order valence-electron chi connectivity index (χ4n) is 7.59. The molecule has 4 aromatic carbocycles. The Balaban J connectivity index is 1.46. The number of ether oxygens (including phenoxy) is 1. The standard InChI is InChI=1S/C35H37BN2O2/c1-21-16-26-12-9-13-29-32(26)30(17-21)38(20-24-10-7-6-8-11-24)36(37-29)33-23(3)28-19-35(4,34(39)40-5)18-27(28)22(2)31(33)25-14-15-25/h6-13,16-17,25,37H,14-15,18-20H2,1-5H3. The minimum absolute atomic E-state index is 0.00955. The number of hydrogen-bond acceptors (Lipinski definition) is 4. The number of esters is 1. The zero-order valence-electron chi connectivity index (χ0n) is 24.2. The van der Waals surface area contributed by atoms with Crippen molar-refractivity contribution in [1.29, 1.82) is 0 Å². The summed E-state index contributed by atoms with van der Waals surface area (Å²) in [6.45, 7) is 9.69. The molecule has 1 atom stereocenters. The van der Waals surface area contributed by atoms with Crippen molar-refractivity contribution < 1.29 is 9.53 Å². The van der Waals surface area contributed by atoms with Gasteiger partial charge in [0.05, 0.1) is 12.5 Å². The predicted octanol–water partition coefficient (Wildman–Crippen LogP) is 6.75. The largest absolute Gasteiger partial charge is 0.469 e. The molecular formula is C35H37BN2O2. The van der Waals surface area contributed by atoms with Crippen molar-refractivity contribution in [3.63, 3.8) is 0 Å². The van der Waals surface area contributed by atoms with Gasteiger partial charge in [0.2, 0.25) is 0 Å². The molecule has 1 fully saturated rings. The van der Waals surface area contributed by atoms with Crippen LogP contribution in [0.5, 0.6) is 0 Å². The van der Waals surface area contributed by atoms with E-state index in [0.29, 0.717) is 5.92 Å². The van der Waals surface area contributed by atoms with E-state index in [9.17, 15) is 4.79 Å². The highest BCUT2D eigenvalue weighted by molar-refractivity contribution is 6.81. The van der Waals surface area contributed by atoms with Crippen LogP contribution in [0.2, 0.25) is 0 Å². The molecule has 0 aromatic heterocycles. The van der Waals surface area contributed by atoms with Gasteiger partial charge in [-0.3, -0.25) is 4.79 Å². The zero-order valence-corrected chi connectivity index (χ0v) is 24.2. The van der Waals surface area contributed by atoms with Crippen LogP contribution in [-0.4, -0.2) is 20.1 Å². The fourth-order valence-corrected chi connectivity index (χ4v) is 7.59. The lowest BCUT2D eigenvalue weighted by molar-refractivity contribution is -0.151. The number of carbonyl (C=O) groups excluding carboxylic acids is 1. The van der Waals surface area contributed by atoms with Crippen molar-refractivity contribution in [2.24, 2.45) is 5.41 Å². The van der Waals surface area contributed by atoms with Crippen LogP contribution in [0.25, 0.3) is 10.8 Å². The summed E-state index contributed by atoms with van der Waals surface area (Å²) in [5.41, 5.74) is 12.9. The van der Waals surface area contributed by atoms with Gasteiger partial charge in [-0.1, -0.05) is 48.5 Å². The Labute approximate surface area is 237 Å². The first-order chi connectivity index (χ1) is 19.3. The number of nitrogens with one attached hydrogen (secondary N) is 1. The van der Waals surface area contributed by atoms with Crippen molar-refractivity contribution in [3.05, 3.63) is 99.6 Å². The summed E-state index contributed by atoms with van der Waals surface area (Å²) < 4.78 is 5.29. The van der Waals surface area contributed by atoms with Crippen LogP contribution in [0.15, 0.2) is 60.7 Å². The van der Waals surface area contributed by atoms with E-state index in [4.69, 9.17) is 4.74 Å². The number of methoxy groups -OCH3 is 1. The average Bonchev–Trinajstić information content (AvgIpc) is 3.72.